The van der Waals surface area contributed by atoms with Crippen LogP contribution >= 0.6 is 0 Å². The van der Waals surface area contributed by atoms with E-state index in [1.165, 1.54) is 12.1 Å². The van der Waals surface area contributed by atoms with E-state index in [1.54, 1.807) is 12.1 Å². The maximum Gasteiger partial charge on any atom is 0.342 e. The Morgan fingerprint density at radius 1 is 1.61 bits per heavy atom. The van der Waals surface area contributed by atoms with Gasteiger partial charge in [-0.15, -0.1) is 6.58 Å². The molecule has 1 N–H and O–H groups in total. The average Bonchev–Trinajstić information content (AvgIpc) is 2.35. The molecule has 18 heavy (non-hydrogen) atoms. The Labute approximate surface area is 104 Å². The summed E-state index contributed by atoms with van der Waals surface area (Å²) in [5.41, 5.74) is -0.102. The first-order chi connectivity index (χ1) is 8.51. The van der Waals surface area contributed by atoms with Gasteiger partial charge in [0, 0.05) is 24.8 Å². The average molecular weight is 250 g/mol. The van der Waals surface area contributed by atoms with Crippen molar-refractivity contribution in [3.63, 3.8) is 0 Å². The molecule has 0 aliphatic heterocycles. The summed E-state index contributed by atoms with van der Waals surface area (Å²) in [6, 6.07) is 4.08. The number of carbonyl (C=O) groups is 1. The van der Waals surface area contributed by atoms with Gasteiger partial charge < -0.3 is 10.0 Å². The highest BCUT2D eigenvalue weighted by atomic mass is 16.6. The van der Waals surface area contributed by atoms with Gasteiger partial charge in [-0.1, -0.05) is 6.08 Å². The van der Waals surface area contributed by atoms with E-state index in [2.05, 4.69) is 6.58 Å². The lowest BCUT2D eigenvalue weighted by molar-refractivity contribution is -0.385. The fourth-order valence-corrected chi connectivity index (χ4v) is 1.62. The first-order valence-electron chi connectivity index (χ1n) is 5.38. The van der Waals surface area contributed by atoms with Crippen molar-refractivity contribution in [2.45, 2.75) is 6.92 Å². The van der Waals surface area contributed by atoms with Crippen LogP contribution in [0.15, 0.2) is 30.9 Å². The van der Waals surface area contributed by atoms with E-state index in [0.29, 0.717) is 18.8 Å². The highest BCUT2D eigenvalue weighted by Crippen LogP contribution is 2.25. The van der Waals surface area contributed by atoms with Crippen LogP contribution in [0.1, 0.15) is 17.3 Å². The normalized spacial score (nSPS) is 9.83. The Morgan fingerprint density at radius 3 is 2.72 bits per heavy atom. The zero-order valence-corrected chi connectivity index (χ0v) is 10.00. The minimum absolute atomic E-state index is 0.307. The molecule has 0 amide bonds. The van der Waals surface area contributed by atoms with Gasteiger partial charge in [0.25, 0.3) is 5.69 Å². The molecular formula is C12H14N2O4. The van der Waals surface area contributed by atoms with Crippen LogP contribution in [0.2, 0.25) is 0 Å². The Kier molecular flexibility index (Phi) is 4.42. The van der Waals surface area contributed by atoms with Gasteiger partial charge in [-0.3, -0.25) is 10.1 Å². The van der Waals surface area contributed by atoms with Crippen molar-refractivity contribution in [2.75, 3.05) is 18.0 Å². The largest absolute Gasteiger partial charge is 0.477 e. The molecule has 0 bridgehead atoms. The monoisotopic (exact) mass is 250 g/mol. The molecule has 0 saturated heterocycles. The topological polar surface area (TPSA) is 83.7 Å². The predicted molar refractivity (Wildman–Crippen MR) is 68.1 cm³/mol. The summed E-state index contributed by atoms with van der Waals surface area (Å²) >= 11 is 0. The molecule has 6 heteroatoms. The lowest BCUT2D eigenvalue weighted by Crippen LogP contribution is -2.22. The molecule has 0 unspecified atom stereocenters. The minimum atomic E-state index is -1.31. The van der Waals surface area contributed by atoms with Crippen LogP contribution in [0, 0.1) is 10.1 Å². The molecule has 0 aromatic heterocycles. The van der Waals surface area contributed by atoms with Crippen LogP contribution in [0.4, 0.5) is 11.4 Å². The molecule has 6 nitrogen and oxygen atoms in total. The van der Waals surface area contributed by atoms with Gasteiger partial charge in [0.05, 0.1) is 4.92 Å². The summed E-state index contributed by atoms with van der Waals surface area (Å²) in [5, 5.41) is 19.7. The van der Waals surface area contributed by atoms with Gasteiger partial charge in [0.2, 0.25) is 0 Å². The maximum atomic E-state index is 10.9. The number of aromatic carboxylic acids is 1. The second kappa shape index (κ2) is 5.81. The second-order valence-electron chi connectivity index (χ2n) is 3.59. The van der Waals surface area contributed by atoms with Crippen LogP contribution in [-0.4, -0.2) is 29.1 Å². The number of hydrogen-bond donors (Lipinski definition) is 1. The lowest BCUT2D eigenvalue weighted by atomic mass is 10.1. The summed E-state index contributed by atoms with van der Waals surface area (Å²) in [7, 11) is 0. The number of nitrogens with zero attached hydrogens (tertiary/aromatic N) is 2. The van der Waals surface area contributed by atoms with Crippen molar-refractivity contribution >= 4 is 17.3 Å². The van der Waals surface area contributed by atoms with Gasteiger partial charge in [-0.25, -0.2) is 4.79 Å². The first-order valence-corrected chi connectivity index (χ1v) is 5.38. The highest BCUT2D eigenvalue weighted by Gasteiger charge is 2.21. The van der Waals surface area contributed by atoms with E-state index >= 15 is 0 Å². The van der Waals surface area contributed by atoms with Crippen molar-refractivity contribution in [1.82, 2.24) is 0 Å². The number of hydrogen-bond acceptors (Lipinski definition) is 4. The Balaban J connectivity index is 3.25. The third-order valence-corrected chi connectivity index (χ3v) is 2.50. The highest BCUT2D eigenvalue weighted by molar-refractivity contribution is 5.93. The van der Waals surface area contributed by atoms with Crippen molar-refractivity contribution in [3.05, 3.63) is 46.5 Å². The molecule has 0 heterocycles. The molecule has 0 atom stereocenters. The summed E-state index contributed by atoms with van der Waals surface area (Å²) in [6.07, 6.45) is 1.68. The third-order valence-electron chi connectivity index (χ3n) is 2.50. The number of benzene rings is 1. The molecule has 0 aliphatic rings. The molecule has 0 radical (unpaired) electrons. The maximum absolute atomic E-state index is 10.9. The van der Waals surface area contributed by atoms with Crippen molar-refractivity contribution < 1.29 is 14.8 Å². The molecular weight excluding hydrogens is 236 g/mol. The fraction of sp³-hybridized carbons (Fsp3) is 0.250. The minimum Gasteiger partial charge on any atom is -0.477 e. The number of anilines is 1. The SMILES string of the molecule is C=CCN(CC)c1ccc(C(=O)O)c([N+](=O)[O-])c1. The second-order valence-corrected chi connectivity index (χ2v) is 3.59. The predicted octanol–water partition coefficient (Wildman–Crippen LogP) is 2.31. The fourth-order valence-electron chi connectivity index (χ4n) is 1.62. The molecule has 0 saturated carbocycles. The zero-order valence-electron chi connectivity index (χ0n) is 10.00. The number of carboxylic acids is 1. The summed E-state index contributed by atoms with van der Waals surface area (Å²) in [5.74, 6) is -1.31. The molecule has 1 aromatic rings. The number of carboxylic acid groups (broad SMARTS) is 1. The molecule has 1 rings (SSSR count). The number of nitro benzene ring substituents is 1. The summed E-state index contributed by atoms with van der Waals surface area (Å²) < 4.78 is 0. The van der Waals surface area contributed by atoms with E-state index in [4.69, 9.17) is 5.11 Å². The van der Waals surface area contributed by atoms with E-state index in [1.807, 2.05) is 11.8 Å². The van der Waals surface area contributed by atoms with Gasteiger partial charge in [-0.05, 0) is 19.1 Å². The van der Waals surface area contributed by atoms with Gasteiger partial charge in [-0.2, -0.15) is 0 Å². The Bertz CT molecular complexity index is 485. The zero-order chi connectivity index (χ0) is 13.7. The summed E-state index contributed by atoms with van der Waals surface area (Å²) in [6.45, 7) is 6.70. The van der Waals surface area contributed by atoms with Gasteiger partial charge in [0.1, 0.15) is 5.56 Å². The van der Waals surface area contributed by atoms with Crippen LogP contribution in [0.5, 0.6) is 0 Å². The van der Waals surface area contributed by atoms with Crippen molar-refractivity contribution in [2.24, 2.45) is 0 Å². The van der Waals surface area contributed by atoms with E-state index < -0.39 is 16.6 Å². The summed E-state index contributed by atoms with van der Waals surface area (Å²) in [4.78, 5) is 22.9. The standard InChI is InChI=1S/C12H14N2O4/c1-3-7-13(4-2)9-5-6-10(12(15)16)11(8-9)14(17)18/h3,5-6,8H,1,4,7H2,2H3,(H,15,16). The van der Waals surface area contributed by atoms with E-state index in [9.17, 15) is 14.9 Å². The molecule has 96 valence electrons. The van der Waals surface area contributed by atoms with Crippen LogP contribution in [0.25, 0.3) is 0 Å². The van der Waals surface area contributed by atoms with E-state index in [-0.39, 0.29) is 5.56 Å². The molecule has 1 aromatic carbocycles. The van der Waals surface area contributed by atoms with Gasteiger partial charge >= 0.3 is 5.97 Å². The quantitative estimate of drug-likeness (QED) is 0.475. The molecule has 0 fully saturated rings. The smallest absolute Gasteiger partial charge is 0.342 e. The first kappa shape index (κ1) is 13.7. The van der Waals surface area contributed by atoms with Crippen LogP contribution in [0.3, 0.4) is 0 Å². The van der Waals surface area contributed by atoms with Crippen molar-refractivity contribution in [1.29, 1.82) is 0 Å². The van der Waals surface area contributed by atoms with Crippen LogP contribution < -0.4 is 4.90 Å². The van der Waals surface area contributed by atoms with Crippen molar-refractivity contribution in [3.8, 4) is 0 Å². The van der Waals surface area contributed by atoms with Gasteiger partial charge in [0.15, 0.2) is 0 Å². The van der Waals surface area contributed by atoms with Crippen LogP contribution in [-0.2, 0) is 0 Å². The Morgan fingerprint density at radius 2 is 2.28 bits per heavy atom. The number of rotatable bonds is 6. The molecule has 0 aliphatic carbocycles. The lowest BCUT2D eigenvalue weighted by Gasteiger charge is -2.21. The Hall–Kier alpha value is -2.37. The van der Waals surface area contributed by atoms with E-state index in [0.717, 1.165) is 0 Å². The molecule has 0 spiro atoms. The number of likely N-dealkylation sites (N-methyl/N-ethyl adjacent to an activating group) is 1. The third kappa shape index (κ3) is 2.85. The number of nitro groups is 1.